The Bertz CT molecular complexity index is 530. The molecule has 0 amide bonds. The minimum absolute atomic E-state index is 0.944. The lowest BCUT2D eigenvalue weighted by molar-refractivity contribution is 1.13. The van der Waals surface area contributed by atoms with Crippen LogP contribution in [0, 0.1) is 0 Å². The molecule has 0 atom stereocenters. The van der Waals surface area contributed by atoms with Crippen molar-refractivity contribution in [2.24, 2.45) is 0 Å². The largest absolute Gasteiger partial charge is 0.308 e. The van der Waals surface area contributed by atoms with Gasteiger partial charge < -0.3 is 4.90 Å². The van der Waals surface area contributed by atoms with Crippen molar-refractivity contribution in [3.8, 4) is 0 Å². The van der Waals surface area contributed by atoms with Crippen LogP contribution in [0.3, 0.4) is 0 Å². The van der Waals surface area contributed by atoms with Crippen molar-refractivity contribution in [2.45, 2.75) is 0 Å². The van der Waals surface area contributed by atoms with E-state index in [1.807, 2.05) is 48.8 Å². The van der Waals surface area contributed by atoms with Crippen LogP contribution in [0.1, 0.15) is 0 Å². The van der Waals surface area contributed by atoms with Crippen LogP contribution in [-0.2, 0) is 0 Å². The first-order chi connectivity index (χ1) is 9.45. The summed E-state index contributed by atoms with van der Waals surface area (Å²) >= 11 is 0. The Kier molecular flexibility index (Phi) is 3.19. The Hall–Kier alpha value is -2.68. The van der Waals surface area contributed by atoms with Crippen LogP contribution < -0.4 is 4.90 Å². The van der Waals surface area contributed by atoms with Gasteiger partial charge in [-0.3, -0.25) is 0 Å². The van der Waals surface area contributed by atoms with E-state index in [9.17, 15) is 0 Å². The molecule has 1 aromatic heterocycles. The first-order valence-corrected chi connectivity index (χ1v) is 6.10. The number of anilines is 3. The molecule has 0 radical (unpaired) electrons. The monoisotopic (exact) mass is 247 g/mol. The number of hydrogen-bond donors (Lipinski definition) is 0. The highest BCUT2D eigenvalue weighted by Crippen LogP contribution is 2.32. The number of benzene rings is 2. The first kappa shape index (κ1) is 11.4. The molecule has 0 bridgehead atoms. The van der Waals surface area contributed by atoms with Gasteiger partial charge >= 0.3 is 0 Å². The second-order valence-corrected chi connectivity index (χ2v) is 4.10. The fourth-order valence-corrected chi connectivity index (χ4v) is 2.01. The molecule has 0 spiro atoms. The fourth-order valence-electron chi connectivity index (χ4n) is 2.01. The smallest absolute Gasteiger partial charge is 0.115 e. The van der Waals surface area contributed by atoms with Crippen molar-refractivity contribution in [1.82, 2.24) is 9.97 Å². The van der Waals surface area contributed by atoms with E-state index in [0.29, 0.717) is 0 Å². The van der Waals surface area contributed by atoms with Crippen molar-refractivity contribution in [3.63, 3.8) is 0 Å². The quantitative estimate of drug-likeness (QED) is 0.701. The minimum Gasteiger partial charge on any atom is -0.308 e. The average Bonchev–Trinajstić information content (AvgIpc) is 2.51. The number of hydrogen-bond acceptors (Lipinski definition) is 3. The molecule has 0 unspecified atom stereocenters. The molecule has 0 fully saturated rings. The Morgan fingerprint density at radius 2 is 1.05 bits per heavy atom. The Balaban J connectivity index is 2.12. The van der Waals surface area contributed by atoms with Crippen molar-refractivity contribution in [2.75, 3.05) is 4.90 Å². The molecule has 3 heteroatoms. The molecule has 0 saturated carbocycles. The highest BCUT2D eigenvalue weighted by molar-refractivity contribution is 5.75. The van der Waals surface area contributed by atoms with Gasteiger partial charge in [-0.25, -0.2) is 9.97 Å². The van der Waals surface area contributed by atoms with Gasteiger partial charge in [-0.1, -0.05) is 36.4 Å². The molecular weight excluding hydrogens is 234 g/mol. The van der Waals surface area contributed by atoms with Gasteiger partial charge in [0.15, 0.2) is 0 Å². The van der Waals surface area contributed by atoms with Crippen molar-refractivity contribution < 1.29 is 0 Å². The van der Waals surface area contributed by atoms with Gasteiger partial charge in [0, 0.05) is 11.4 Å². The zero-order valence-corrected chi connectivity index (χ0v) is 10.3. The Labute approximate surface area is 112 Å². The summed E-state index contributed by atoms with van der Waals surface area (Å²) < 4.78 is 0. The minimum atomic E-state index is 0.944. The SMILES string of the molecule is c1ccc(N(c2ccccc2)c2cncnc2)cc1. The van der Waals surface area contributed by atoms with E-state index in [-0.39, 0.29) is 0 Å². The van der Waals surface area contributed by atoms with Gasteiger partial charge in [-0.15, -0.1) is 0 Å². The van der Waals surface area contributed by atoms with Crippen LogP contribution in [0.2, 0.25) is 0 Å². The number of nitrogens with zero attached hydrogens (tertiary/aromatic N) is 3. The predicted molar refractivity (Wildman–Crippen MR) is 76.7 cm³/mol. The second kappa shape index (κ2) is 5.31. The zero-order chi connectivity index (χ0) is 12.9. The molecule has 19 heavy (non-hydrogen) atoms. The molecule has 3 nitrogen and oxygen atoms in total. The Morgan fingerprint density at radius 1 is 0.579 bits per heavy atom. The van der Waals surface area contributed by atoms with E-state index in [1.54, 1.807) is 0 Å². The summed E-state index contributed by atoms with van der Waals surface area (Å²) in [6, 6.07) is 20.4. The topological polar surface area (TPSA) is 29.0 Å². The molecule has 3 aromatic rings. The fraction of sp³-hybridized carbons (Fsp3) is 0. The Morgan fingerprint density at radius 3 is 1.53 bits per heavy atom. The molecule has 0 N–H and O–H groups in total. The van der Waals surface area contributed by atoms with E-state index in [4.69, 9.17) is 0 Å². The summed E-state index contributed by atoms with van der Waals surface area (Å²) in [4.78, 5) is 10.3. The maximum absolute atomic E-state index is 4.10. The second-order valence-electron chi connectivity index (χ2n) is 4.10. The maximum atomic E-state index is 4.10. The van der Waals surface area contributed by atoms with Crippen molar-refractivity contribution >= 4 is 17.1 Å². The highest BCUT2D eigenvalue weighted by Gasteiger charge is 2.11. The third-order valence-corrected chi connectivity index (χ3v) is 2.83. The lowest BCUT2D eigenvalue weighted by Gasteiger charge is -2.24. The zero-order valence-electron chi connectivity index (χ0n) is 10.3. The van der Waals surface area contributed by atoms with E-state index in [2.05, 4.69) is 39.1 Å². The molecule has 0 aliphatic carbocycles. The number of para-hydroxylation sites is 2. The predicted octanol–water partition coefficient (Wildman–Crippen LogP) is 3.95. The molecule has 92 valence electrons. The molecule has 2 aromatic carbocycles. The number of aromatic nitrogens is 2. The molecule has 0 aliphatic rings. The third-order valence-electron chi connectivity index (χ3n) is 2.83. The summed E-state index contributed by atoms with van der Waals surface area (Å²) in [6.07, 6.45) is 5.16. The average molecular weight is 247 g/mol. The van der Waals surface area contributed by atoms with Crippen molar-refractivity contribution in [1.29, 1.82) is 0 Å². The van der Waals surface area contributed by atoms with E-state index in [1.165, 1.54) is 6.33 Å². The number of rotatable bonds is 3. The maximum Gasteiger partial charge on any atom is 0.115 e. The van der Waals surface area contributed by atoms with E-state index < -0.39 is 0 Å². The van der Waals surface area contributed by atoms with Crippen LogP contribution in [0.15, 0.2) is 79.4 Å². The molecular formula is C16H13N3. The molecule has 0 saturated heterocycles. The summed E-state index contributed by atoms with van der Waals surface area (Å²) in [5.74, 6) is 0. The third kappa shape index (κ3) is 2.45. The highest BCUT2D eigenvalue weighted by atomic mass is 15.2. The van der Waals surface area contributed by atoms with Gasteiger partial charge in [-0.05, 0) is 24.3 Å². The lowest BCUT2D eigenvalue weighted by Crippen LogP contribution is -2.10. The van der Waals surface area contributed by atoms with E-state index in [0.717, 1.165) is 17.1 Å². The van der Waals surface area contributed by atoms with Gasteiger partial charge in [0.05, 0.1) is 18.1 Å². The molecule has 1 heterocycles. The standard InChI is InChI=1S/C16H13N3/c1-3-7-14(8-4-1)19(15-9-5-2-6-10-15)16-11-17-13-18-12-16/h1-13H. The van der Waals surface area contributed by atoms with Crippen LogP contribution in [0.4, 0.5) is 17.1 Å². The normalized spacial score (nSPS) is 10.1. The van der Waals surface area contributed by atoms with Gasteiger partial charge in [0.2, 0.25) is 0 Å². The van der Waals surface area contributed by atoms with Crippen LogP contribution in [0.5, 0.6) is 0 Å². The lowest BCUT2D eigenvalue weighted by atomic mass is 10.2. The van der Waals surface area contributed by atoms with Crippen LogP contribution in [-0.4, -0.2) is 9.97 Å². The first-order valence-electron chi connectivity index (χ1n) is 6.10. The van der Waals surface area contributed by atoms with Crippen LogP contribution in [0.25, 0.3) is 0 Å². The molecule has 3 rings (SSSR count). The van der Waals surface area contributed by atoms with Gasteiger partial charge in [0.25, 0.3) is 0 Å². The molecule has 0 aliphatic heterocycles. The summed E-state index contributed by atoms with van der Waals surface area (Å²) in [7, 11) is 0. The van der Waals surface area contributed by atoms with Crippen LogP contribution >= 0.6 is 0 Å². The van der Waals surface area contributed by atoms with E-state index >= 15 is 0 Å². The summed E-state index contributed by atoms with van der Waals surface area (Å²) in [5.41, 5.74) is 3.12. The van der Waals surface area contributed by atoms with Gasteiger partial charge in [-0.2, -0.15) is 0 Å². The van der Waals surface area contributed by atoms with Crippen molar-refractivity contribution in [3.05, 3.63) is 79.4 Å². The van der Waals surface area contributed by atoms with Gasteiger partial charge in [0.1, 0.15) is 6.33 Å². The summed E-state index contributed by atoms with van der Waals surface area (Å²) in [5, 5.41) is 0. The summed E-state index contributed by atoms with van der Waals surface area (Å²) in [6.45, 7) is 0.